The van der Waals surface area contributed by atoms with E-state index in [1.807, 2.05) is 6.92 Å². The molecule has 25 heavy (non-hydrogen) atoms. The molecule has 1 saturated carbocycles. The lowest BCUT2D eigenvalue weighted by atomic mass is 9.75. The van der Waals surface area contributed by atoms with Gasteiger partial charge in [-0.25, -0.2) is 0 Å². The Kier molecular flexibility index (Phi) is 7.10. The molecule has 2 rings (SSSR count). The van der Waals surface area contributed by atoms with Crippen LogP contribution in [0.2, 0.25) is 0 Å². The molecule has 0 heterocycles. The average Bonchev–Trinajstić information content (AvgIpc) is 2.54. The van der Waals surface area contributed by atoms with Gasteiger partial charge in [-0.2, -0.15) is 0 Å². The van der Waals surface area contributed by atoms with E-state index in [9.17, 15) is 4.79 Å². The van der Waals surface area contributed by atoms with Crippen molar-refractivity contribution in [2.45, 2.75) is 79.2 Å². The van der Waals surface area contributed by atoms with Crippen molar-refractivity contribution in [1.29, 1.82) is 0 Å². The molecule has 0 saturated heterocycles. The molecule has 1 aromatic carbocycles. The lowest BCUT2D eigenvalue weighted by molar-refractivity contribution is -0.157. The number of hydrogen-bond donors (Lipinski definition) is 0. The molecule has 2 heteroatoms. The first-order valence-electron chi connectivity index (χ1n) is 10.1. The van der Waals surface area contributed by atoms with Gasteiger partial charge in [-0.1, -0.05) is 65.3 Å². The second kappa shape index (κ2) is 8.87. The summed E-state index contributed by atoms with van der Waals surface area (Å²) in [5.41, 5.74) is 2.39. The molecular weight excluding hydrogens is 308 g/mol. The van der Waals surface area contributed by atoms with Crippen molar-refractivity contribution < 1.29 is 9.53 Å². The highest BCUT2D eigenvalue weighted by Gasteiger charge is 2.34. The minimum atomic E-state index is -0.196. The van der Waals surface area contributed by atoms with Crippen LogP contribution in [-0.2, 0) is 16.0 Å². The van der Waals surface area contributed by atoms with E-state index < -0.39 is 0 Å². The van der Waals surface area contributed by atoms with Gasteiger partial charge in [-0.15, -0.1) is 0 Å². The SMILES string of the molecule is CC(C)Cc1ccc(C(C)C(=O)OC2C[C@H](C)CCC2C(C)C)cc1. The highest BCUT2D eigenvalue weighted by Crippen LogP contribution is 2.36. The summed E-state index contributed by atoms with van der Waals surface area (Å²) in [5.74, 6) is 2.10. The van der Waals surface area contributed by atoms with E-state index in [-0.39, 0.29) is 18.0 Å². The van der Waals surface area contributed by atoms with E-state index in [1.54, 1.807) is 0 Å². The van der Waals surface area contributed by atoms with Gasteiger partial charge in [0.2, 0.25) is 0 Å². The lowest BCUT2D eigenvalue weighted by Gasteiger charge is -2.37. The number of hydrogen-bond acceptors (Lipinski definition) is 2. The van der Waals surface area contributed by atoms with Crippen LogP contribution in [0, 0.1) is 23.7 Å². The molecule has 0 aromatic heterocycles. The number of rotatable bonds is 6. The molecule has 1 aliphatic rings. The summed E-state index contributed by atoms with van der Waals surface area (Å²) in [6.07, 6.45) is 4.60. The van der Waals surface area contributed by atoms with Crippen molar-refractivity contribution in [3.05, 3.63) is 35.4 Å². The Bertz CT molecular complexity index is 544. The molecule has 140 valence electrons. The van der Waals surface area contributed by atoms with Crippen molar-refractivity contribution in [2.24, 2.45) is 23.7 Å². The Hall–Kier alpha value is -1.31. The van der Waals surface area contributed by atoms with Crippen molar-refractivity contribution in [3.63, 3.8) is 0 Å². The third-order valence-electron chi connectivity index (χ3n) is 5.71. The molecular formula is C23H36O2. The van der Waals surface area contributed by atoms with Gasteiger partial charge in [-0.05, 0) is 61.0 Å². The van der Waals surface area contributed by atoms with Crippen LogP contribution in [0.1, 0.15) is 77.8 Å². The molecule has 1 fully saturated rings. The fourth-order valence-corrected chi connectivity index (χ4v) is 4.05. The van der Waals surface area contributed by atoms with Crippen molar-refractivity contribution in [2.75, 3.05) is 0 Å². The maximum Gasteiger partial charge on any atom is 0.313 e. The lowest BCUT2D eigenvalue weighted by Crippen LogP contribution is -2.36. The van der Waals surface area contributed by atoms with E-state index >= 15 is 0 Å². The maximum absolute atomic E-state index is 12.7. The molecule has 1 aliphatic carbocycles. The predicted octanol–water partition coefficient (Wildman–Crippen LogP) is 5.99. The highest BCUT2D eigenvalue weighted by atomic mass is 16.5. The van der Waals surface area contributed by atoms with Gasteiger partial charge in [0, 0.05) is 0 Å². The van der Waals surface area contributed by atoms with E-state index in [4.69, 9.17) is 4.74 Å². The number of ether oxygens (including phenoxy) is 1. The predicted molar refractivity (Wildman–Crippen MR) is 105 cm³/mol. The standard InChI is InChI=1S/C23H36O2/c1-15(2)13-19-8-10-20(11-9-19)18(6)23(24)25-22-14-17(5)7-12-21(22)16(3)4/h8-11,15-18,21-22H,7,12-14H2,1-6H3/t17-,18?,21?,22?/m1/s1. The zero-order valence-electron chi connectivity index (χ0n) is 16.9. The van der Waals surface area contributed by atoms with Crippen LogP contribution in [0.3, 0.4) is 0 Å². The van der Waals surface area contributed by atoms with Crippen LogP contribution in [0.4, 0.5) is 0 Å². The highest BCUT2D eigenvalue weighted by molar-refractivity contribution is 5.77. The molecule has 1 aromatic rings. The number of carbonyl (C=O) groups excluding carboxylic acids is 1. The monoisotopic (exact) mass is 344 g/mol. The molecule has 0 amide bonds. The quantitative estimate of drug-likeness (QED) is 0.592. The van der Waals surface area contributed by atoms with E-state index in [2.05, 4.69) is 58.9 Å². The molecule has 3 unspecified atom stereocenters. The summed E-state index contributed by atoms with van der Waals surface area (Å²) in [6, 6.07) is 8.48. The van der Waals surface area contributed by atoms with E-state index in [0.717, 1.165) is 18.4 Å². The summed E-state index contributed by atoms with van der Waals surface area (Å²) in [4.78, 5) is 12.7. The van der Waals surface area contributed by atoms with Crippen LogP contribution in [0.25, 0.3) is 0 Å². The number of carbonyl (C=O) groups is 1. The normalized spacial score (nSPS) is 25.2. The van der Waals surface area contributed by atoms with Crippen molar-refractivity contribution >= 4 is 5.97 Å². The fourth-order valence-electron chi connectivity index (χ4n) is 4.05. The van der Waals surface area contributed by atoms with Gasteiger partial charge in [-0.3, -0.25) is 4.79 Å². The Morgan fingerprint density at radius 1 is 1.08 bits per heavy atom. The first-order valence-corrected chi connectivity index (χ1v) is 10.1. The Morgan fingerprint density at radius 2 is 1.72 bits per heavy atom. The van der Waals surface area contributed by atoms with Crippen LogP contribution in [-0.4, -0.2) is 12.1 Å². The van der Waals surface area contributed by atoms with Gasteiger partial charge in [0.05, 0.1) is 5.92 Å². The van der Waals surface area contributed by atoms with Crippen LogP contribution < -0.4 is 0 Å². The second-order valence-corrected chi connectivity index (χ2v) is 8.86. The maximum atomic E-state index is 12.7. The molecule has 4 atom stereocenters. The first-order chi connectivity index (χ1) is 11.8. The molecule has 0 aliphatic heterocycles. The molecule has 2 nitrogen and oxygen atoms in total. The summed E-state index contributed by atoms with van der Waals surface area (Å²) in [7, 11) is 0. The van der Waals surface area contributed by atoms with Gasteiger partial charge >= 0.3 is 5.97 Å². The smallest absolute Gasteiger partial charge is 0.313 e. The van der Waals surface area contributed by atoms with Crippen LogP contribution in [0.5, 0.6) is 0 Å². The summed E-state index contributed by atoms with van der Waals surface area (Å²) in [5, 5.41) is 0. The molecule has 0 N–H and O–H groups in total. The molecule has 0 spiro atoms. The Morgan fingerprint density at radius 3 is 2.28 bits per heavy atom. The fraction of sp³-hybridized carbons (Fsp3) is 0.696. The van der Waals surface area contributed by atoms with Gasteiger partial charge < -0.3 is 4.74 Å². The Labute approximate surface area is 154 Å². The van der Waals surface area contributed by atoms with E-state index in [0.29, 0.717) is 23.7 Å². The summed E-state index contributed by atoms with van der Waals surface area (Å²) < 4.78 is 6.01. The molecule has 0 bridgehead atoms. The van der Waals surface area contributed by atoms with Crippen LogP contribution in [0.15, 0.2) is 24.3 Å². The third-order valence-corrected chi connectivity index (χ3v) is 5.71. The minimum Gasteiger partial charge on any atom is -0.462 e. The molecule has 0 radical (unpaired) electrons. The second-order valence-electron chi connectivity index (χ2n) is 8.86. The third kappa shape index (κ3) is 5.59. The van der Waals surface area contributed by atoms with Crippen molar-refractivity contribution in [3.8, 4) is 0 Å². The average molecular weight is 345 g/mol. The number of esters is 1. The summed E-state index contributed by atoms with van der Waals surface area (Å²) >= 11 is 0. The van der Waals surface area contributed by atoms with Crippen LogP contribution >= 0.6 is 0 Å². The largest absolute Gasteiger partial charge is 0.462 e. The zero-order valence-corrected chi connectivity index (χ0v) is 16.9. The zero-order chi connectivity index (χ0) is 18.6. The van der Waals surface area contributed by atoms with E-state index in [1.165, 1.54) is 18.4 Å². The minimum absolute atomic E-state index is 0.0682. The first kappa shape index (κ1) is 20.0. The van der Waals surface area contributed by atoms with Gasteiger partial charge in [0.25, 0.3) is 0 Å². The van der Waals surface area contributed by atoms with Gasteiger partial charge in [0.15, 0.2) is 0 Å². The van der Waals surface area contributed by atoms with Gasteiger partial charge in [0.1, 0.15) is 6.10 Å². The van der Waals surface area contributed by atoms with Crippen molar-refractivity contribution in [1.82, 2.24) is 0 Å². The Balaban J connectivity index is 2.01. The number of benzene rings is 1. The topological polar surface area (TPSA) is 26.3 Å². The summed E-state index contributed by atoms with van der Waals surface area (Å²) in [6.45, 7) is 13.2.